The van der Waals surface area contributed by atoms with Gasteiger partial charge in [0.15, 0.2) is 22.1 Å². The number of aliphatic carboxylic acids is 1. The second-order valence-electron chi connectivity index (χ2n) is 13.9. The zero-order chi connectivity index (χ0) is 46.5. The molecular weight excluding hydrogens is 887 g/mol. The van der Waals surface area contributed by atoms with E-state index in [0.717, 1.165) is 0 Å². The van der Waals surface area contributed by atoms with E-state index in [-0.39, 0.29) is 44.7 Å². The zero-order valence-corrected chi connectivity index (χ0v) is 36.6. The highest BCUT2D eigenvalue weighted by atomic mass is 33.1. The van der Waals surface area contributed by atoms with Gasteiger partial charge >= 0.3 is 5.97 Å². The molecule has 346 valence electrons. The lowest BCUT2D eigenvalue weighted by Crippen LogP contribution is -2.58. The highest BCUT2D eigenvalue weighted by Crippen LogP contribution is 2.30. The van der Waals surface area contributed by atoms with Crippen LogP contribution in [0.15, 0.2) is 35.3 Å². The van der Waals surface area contributed by atoms with E-state index in [4.69, 9.17) is 17.2 Å². The van der Waals surface area contributed by atoms with Gasteiger partial charge in [0.25, 0.3) is 17.7 Å². The average molecular weight is 940 g/mol. The van der Waals surface area contributed by atoms with Crippen molar-refractivity contribution in [3.63, 3.8) is 0 Å². The summed E-state index contributed by atoms with van der Waals surface area (Å²) in [4.78, 5) is 139. The van der Waals surface area contributed by atoms with Crippen LogP contribution in [0.5, 0.6) is 0 Å². The van der Waals surface area contributed by atoms with Crippen LogP contribution in [0.3, 0.4) is 0 Å². The van der Waals surface area contributed by atoms with Crippen LogP contribution in [0.1, 0.15) is 44.1 Å². The smallest absolute Gasteiger partial charge is 0.305 e. The maximum absolute atomic E-state index is 14.3. The fourth-order valence-electron chi connectivity index (χ4n) is 5.78. The molecule has 2 aliphatic heterocycles. The summed E-state index contributed by atoms with van der Waals surface area (Å²) in [5.74, 6) is -10.5. The van der Waals surface area contributed by atoms with E-state index in [1.165, 1.54) is 7.05 Å². The molecule has 3 rings (SSSR count). The minimum absolute atomic E-state index is 0.0320. The van der Waals surface area contributed by atoms with Crippen molar-refractivity contribution in [1.82, 2.24) is 47.9 Å². The number of aliphatic imine (C=N–C) groups is 1. The number of hydrogen-bond acceptors (Lipinski definition) is 15. The number of guanidine groups is 1. The number of likely N-dealkylation sites (N-methyl/N-ethyl adjacent to an activating group) is 1. The Balaban J connectivity index is 2.19. The van der Waals surface area contributed by atoms with Gasteiger partial charge in [0.1, 0.15) is 24.2 Å². The molecule has 0 aliphatic carbocycles. The van der Waals surface area contributed by atoms with Crippen LogP contribution in [0.25, 0.3) is 0 Å². The number of rotatable bonds is 13. The number of hydrogen-bond donors (Lipinski definition) is 13. The second-order valence-corrected chi connectivity index (χ2v) is 17.5. The van der Waals surface area contributed by atoms with Crippen molar-refractivity contribution < 1.29 is 53.1 Å². The van der Waals surface area contributed by atoms with E-state index in [1.807, 2.05) is 0 Å². The molecule has 24 nitrogen and oxygen atoms in total. The van der Waals surface area contributed by atoms with Crippen molar-refractivity contribution in [3.05, 3.63) is 35.9 Å². The summed E-state index contributed by atoms with van der Waals surface area (Å²) in [5, 5.41) is 26.9. The molecule has 63 heavy (non-hydrogen) atoms. The van der Waals surface area contributed by atoms with Crippen LogP contribution in [-0.4, -0.2) is 143 Å². The highest BCUT2D eigenvalue weighted by molar-refractivity contribution is 8.77. The number of fused-ring (bicyclic) bond motifs is 3. The number of benzene rings is 1. The Bertz CT molecular complexity index is 1860. The molecule has 2 heterocycles. The van der Waals surface area contributed by atoms with Gasteiger partial charge in [0.2, 0.25) is 35.4 Å². The van der Waals surface area contributed by atoms with Gasteiger partial charge in [-0.2, -0.15) is 0 Å². The lowest BCUT2D eigenvalue weighted by Gasteiger charge is -2.27. The van der Waals surface area contributed by atoms with Crippen LogP contribution in [0, 0.1) is 0 Å². The Hall–Kier alpha value is -5.80. The van der Waals surface area contributed by atoms with Gasteiger partial charge in [0.05, 0.1) is 18.7 Å². The van der Waals surface area contributed by atoms with Crippen molar-refractivity contribution in [2.75, 3.05) is 32.4 Å². The quantitative estimate of drug-likeness (QED) is 0.0382. The molecule has 9 amide bonds. The number of carbonyl (C=O) groups excluding carboxylic acids is 9. The first-order valence-electron chi connectivity index (χ1n) is 19.6. The van der Waals surface area contributed by atoms with Crippen molar-refractivity contribution >= 4 is 98.4 Å². The number of carboxylic acid groups (broad SMARTS) is 1. The number of unbranched alkanes of at least 4 members (excludes halogenated alkanes) is 1. The Morgan fingerprint density at radius 3 is 1.89 bits per heavy atom. The molecule has 0 spiro atoms. The summed E-state index contributed by atoms with van der Waals surface area (Å²) in [6.07, 6.45) is -0.267. The molecule has 2 bridgehead atoms. The molecular formula is C36H53N13O11S3. The number of carbonyl (C=O) groups is 10. The second kappa shape index (κ2) is 26.6. The molecule has 0 radical (unpaired) electrons. The molecule has 0 saturated carbocycles. The SMILES string of the molecule is CNC(=O)[C@H]1NC(=O)[C@H](Cc2ccccc2)NC(=O)[C@H]2NC(=O)[C@H](CC(=O)O)NC(=O)CNC(=O)[C@H](CCCN=C(N)N)NC(=O)[C@@H](NC(=O)[C@H](CCCCN)NC(=O)CS1)SS2. The van der Waals surface area contributed by atoms with Crippen molar-refractivity contribution in [3.8, 4) is 0 Å². The number of carboxylic acids is 1. The van der Waals surface area contributed by atoms with Gasteiger partial charge in [-0.15, -0.1) is 11.8 Å². The summed E-state index contributed by atoms with van der Waals surface area (Å²) in [6.45, 7) is -0.499. The summed E-state index contributed by atoms with van der Waals surface area (Å²) in [6, 6.07) is 2.48. The van der Waals surface area contributed by atoms with E-state index >= 15 is 0 Å². The molecule has 0 unspecified atom stereocenters. The molecule has 7 atom stereocenters. The monoisotopic (exact) mass is 939 g/mol. The van der Waals surface area contributed by atoms with E-state index in [9.17, 15) is 53.1 Å². The Morgan fingerprint density at radius 1 is 0.714 bits per heavy atom. The number of nitrogens with one attached hydrogen (secondary N) is 9. The summed E-state index contributed by atoms with van der Waals surface area (Å²) in [7, 11) is 2.33. The van der Waals surface area contributed by atoms with Crippen LogP contribution in [0.4, 0.5) is 0 Å². The molecule has 2 fully saturated rings. The highest BCUT2D eigenvalue weighted by Gasteiger charge is 2.37. The van der Waals surface area contributed by atoms with E-state index in [1.54, 1.807) is 30.3 Å². The van der Waals surface area contributed by atoms with Crippen molar-refractivity contribution in [2.45, 2.75) is 85.2 Å². The Morgan fingerprint density at radius 2 is 1.29 bits per heavy atom. The topological polar surface area (TPSA) is 390 Å². The van der Waals surface area contributed by atoms with Crippen LogP contribution >= 0.6 is 33.3 Å². The largest absolute Gasteiger partial charge is 0.481 e. The number of nitrogens with two attached hydrogens (primary N) is 3. The fraction of sp³-hybridized carbons (Fsp3) is 0.528. The lowest BCUT2D eigenvalue weighted by molar-refractivity contribution is -0.141. The fourth-order valence-corrected chi connectivity index (χ4v) is 9.00. The first kappa shape index (κ1) is 51.5. The maximum atomic E-state index is 14.3. The maximum Gasteiger partial charge on any atom is 0.305 e. The van der Waals surface area contributed by atoms with E-state index in [2.05, 4.69) is 52.8 Å². The third kappa shape index (κ3) is 18.2. The molecule has 2 aliphatic rings. The van der Waals surface area contributed by atoms with Gasteiger partial charge in [0, 0.05) is 20.0 Å². The van der Waals surface area contributed by atoms with E-state index < -0.39 is 118 Å². The number of thioether (sulfide) groups is 1. The molecule has 1 aromatic carbocycles. The molecule has 16 N–H and O–H groups in total. The molecule has 1 aromatic rings. The molecule has 0 aromatic heterocycles. The van der Waals surface area contributed by atoms with Gasteiger partial charge in [-0.3, -0.25) is 52.9 Å². The first-order valence-corrected chi connectivity index (χ1v) is 22.9. The summed E-state index contributed by atoms with van der Waals surface area (Å²) >= 11 is 0.707. The summed E-state index contributed by atoms with van der Waals surface area (Å²) in [5.41, 5.74) is 17.1. The first-order chi connectivity index (χ1) is 30.0. The predicted octanol–water partition coefficient (Wildman–Crippen LogP) is -4.84. The van der Waals surface area contributed by atoms with Crippen LogP contribution in [-0.2, 0) is 54.4 Å². The normalized spacial score (nSPS) is 24.8. The van der Waals surface area contributed by atoms with Crippen LogP contribution in [0.2, 0.25) is 0 Å². The van der Waals surface area contributed by atoms with Gasteiger partial charge in [-0.05, 0) is 44.2 Å². The third-order valence-corrected chi connectivity index (χ3v) is 12.7. The van der Waals surface area contributed by atoms with Crippen molar-refractivity contribution in [2.24, 2.45) is 22.2 Å². The van der Waals surface area contributed by atoms with Crippen molar-refractivity contribution in [1.29, 1.82) is 0 Å². The van der Waals surface area contributed by atoms with Gasteiger partial charge < -0.3 is 70.2 Å². The molecule has 2 saturated heterocycles. The zero-order valence-electron chi connectivity index (χ0n) is 34.1. The van der Waals surface area contributed by atoms with E-state index in [0.29, 0.717) is 51.8 Å². The minimum atomic E-state index is -1.81. The Kier molecular flexibility index (Phi) is 21.8. The Labute approximate surface area is 373 Å². The van der Waals surface area contributed by atoms with Gasteiger partial charge in [-0.1, -0.05) is 51.9 Å². The van der Waals surface area contributed by atoms with Crippen LogP contribution < -0.4 is 65.1 Å². The minimum Gasteiger partial charge on any atom is -0.481 e. The molecule has 27 heteroatoms. The van der Waals surface area contributed by atoms with Gasteiger partial charge in [-0.25, -0.2) is 0 Å². The standard InChI is InChI=1S/C36H53N13O11S3/c1-40-30(58)33-47-28(56)21(14-18-8-3-2-4-9-18)46-32(60)35-49-29(57)22(15-25(52)53)44-23(50)16-42-26(54)19(11-7-13-41-36(38)39)45-31(59)34(62-63-35)48-27(55)20(10-5-6-12-37)43-24(51)17-61-33/h2-4,8-9,19-22,33-35H,5-7,10-17,37H2,1H3,(H,40,58)(H,42,54)(H,43,51)(H,44,50)(H,45,59)(H,46,60)(H,47,56)(H,48,55)(H,49,57)(H,52,53)(H4,38,39,41)/t19-,20-,21-,22-,33-,34-,35-/m0/s1. The average Bonchev–Trinajstić information content (AvgIpc) is 3.24. The summed E-state index contributed by atoms with van der Waals surface area (Å²) < 4.78 is 0. The third-order valence-electron chi connectivity index (χ3n) is 8.96. The predicted molar refractivity (Wildman–Crippen MR) is 233 cm³/mol. The number of nitrogens with zero attached hydrogens (tertiary/aromatic N) is 1. The number of amides is 9. The lowest BCUT2D eigenvalue weighted by atomic mass is 10.1.